The molecule has 0 fully saturated rings. The van der Waals surface area contributed by atoms with Gasteiger partial charge in [0.2, 0.25) is 0 Å². The molecule has 0 radical (unpaired) electrons. The fourth-order valence-corrected chi connectivity index (χ4v) is 3.60. The number of carbonyl (C=O) groups is 2. The molecule has 0 aliphatic heterocycles. The molecule has 0 saturated carbocycles. The lowest BCUT2D eigenvalue weighted by molar-refractivity contribution is -0.140. The van der Waals surface area contributed by atoms with Crippen molar-refractivity contribution < 1.29 is 19.1 Å². The van der Waals surface area contributed by atoms with Gasteiger partial charge in [-0.1, -0.05) is 110 Å². The Hall–Kier alpha value is -1.32. The van der Waals surface area contributed by atoms with E-state index in [4.69, 9.17) is 4.74 Å². The average Bonchev–Trinajstić information content (AvgIpc) is 2.75. The molecule has 0 amide bonds. The lowest BCUT2D eigenvalue weighted by Gasteiger charge is -2.06. The molecular weight excluding hydrogens is 400 g/mol. The highest BCUT2D eigenvalue weighted by Crippen LogP contribution is 2.12. The predicted molar refractivity (Wildman–Crippen MR) is 135 cm³/mol. The van der Waals surface area contributed by atoms with Crippen LogP contribution in [0.5, 0.6) is 0 Å². The summed E-state index contributed by atoms with van der Waals surface area (Å²) in [4.78, 5) is 23.0. The van der Waals surface area contributed by atoms with Crippen LogP contribution in [0.25, 0.3) is 0 Å². The van der Waals surface area contributed by atoms with Crippen molar-refractivity contribution in [2.24, 2.45) is 5.92 Å². The topological polar surface area (TPSA) is 52.6 Å². The van der Waals surface area contributed by atoms with Gasteiger partial charge in [0, 0.05) is 6.42 Å². The second kappa shape index (κ2) is 24.3. The standard InChI is InChI=1S/C28H52O4/c1-4-5-6-7-8-9-10-11-12-13-14-15-16-17-18-19-20-21-22-23-27(29)32-28(30)31-25-24-26(2)3/h11-12,26H,4-10,13-25H2,1-3H3. The van der Waals surface area contributed by atoms with Crippen molar-refractivity contribution >= 4 is 12.1 Å². The SMILES string of the molecule is CCCCCCCCC=CCCCCCCCCCCCC(=O)OC(=O)OCCC(C)C. The molecule has 0 aliphatic rings. The Labute approximate surface area is 198 Å². The van der Waals surface area contributed by atoms with E-state index in [0.29, 0.717) is 18.9 Å². The van der Waals surface area contributed by atoms with Gasteiger partial charge in [0.05, 0.1) is 6.61 Å². The number of carbonyl (C=O) groups excluding carboxylic acids is 2. The number of esters is 1. The molecule has 4 heteroatoms. The zero-order valence-corrected chi connectivity index (χ0v) is 21.5. The Kier molecular flexibility index (Phi) is 23.3. The summed E-state index contributed by atoms with van der Waals surface area (Å²) in [5.41, 5.74) is 0. The van der Waals surface area contributed by atoms with E-state index in [2.05, 4.69) is 37.7 Å². The van der Waals surface area contributed by atoms with Crippen LogP contribution in [0.1, 0.15) is 143 Å². The van der Waals surface area contributed by atoms with Gasteiger partial charge in [-0.2, -0.15) is 0 Å². The van der Waals surface area contributed by atoms with E-state index in [-0.39, 0.29) is 0 Å². The summed E-state index contributed by atoms with van der Waals surface area (Å²) in [5.74, 6) is -0.0132. The first kappa shape index (κ1) is 30.7. The van der Waals surface area contributed by atoms with Crippen molar-refractivity contribution in [1.29, 1.82) is 0 Å². The third-order valence-electron chi connectivity index (χ3n) is 5.75. The van der Waals surface area contributed by atoms with Crippen LogP contribution in [0.4, 0.5) is 4.79 Å². The lowest BCUT2D eigenvalue weighted by atomic mass is 10.1. The second-order valence-electron chi connectivity index (χ2n) is 9.50. The first-order chi connectivity index (χ1) is 15.6. The molecule has 32 heavy (non-hydrogen) atoms. The molecule has 0 rings (SSSR count). The molecule has 0 atom stereocenters. The highest BCUT2D eigenvalue weighted by molar-refractivity contribution is 5.81. The molecule has 0 heterocycles. The van der Waals surface area contributed by atoms with Crippen LogP contribution in [0.2, 0.25) is 0 Å². The monoisotopic (exact) mass is 452 g/mol. The number of rotatable bonds is 22. The largest absolute Gasteiger partial charge is 0.516 e. The van der Waals surface area contributed by atoms with Crippen LogP contribution in [-0.4, -0.2) is 18.7 Å². The van der Waals surface area contributed by atoms with Crippen molar-refractivity contribution in [1.82, 2.24) is 0 Å². The maximum Gasteiger partial charge on any atom is 0.516 e. The van der Waals surface area contributed by atoms with Crippen molar-refractivity contribution in [2.45, 2.75) is 143 Å². The Morgan fingerprint density at radius 3 is 1.66 bits per heavy atom. The number of unbranched alkanes of at least 4 members (excludes halogenated alkanes) is 15. The average molecular weight is 453 g/mol. The van der Waals surface area contributed by atoms with Crippen LogP contribution >= 0.6 is 0 Å². The summed E-state index contributed by atoms with van der Waals surface area (Å²) in [6.45, 7) is 6.68. The number of hydrogen-bond donors (Lipinski definition) is 0. The molecule has 0 bridgehead atoms. The Morgan fingerprint density at radius 2 is 1.16 bits per heavy atom. The minimum Gasteiger partial charge on any atom is -0.434 e. The Balaban J connectivity index is 3.28. The highest BCUT2D eigenvalue weighted by Gasteiger charge is 2.11. The summed E-state index contributed by atoms with van der Waals surface area (Å²) >= 11 is 0. The smallest absolute Gasteiger partial charge is 0.434 e. The molecule has 4 nitrogen and oxygen atoms in total. The van der Waals surface area contributed by atoms with E-state index in [1.165, 1.54) is 89.9 Å². The third-order valence-corrected chi connectivity index (χ3v) is 5.75. The Morgan fingerprint density at radius 1 is 0.688 bits per heavy atom. The van der Waals surface area contributed by atoms with Gasteiger partial charge in [-0.15, -0.1) is 0 Å². The van der Waals surface area contributed by atoms with Crippen molar-refractivity contribution in [2.75, 3.05) is 6.61 Å². The molecular formula is C28H52O4. The molecule has 0 aromatic rings. The zero-order valence-electron chi connectivity index (χ0n) is 21.5. The van der Waals surface area contributed by atoms with Crippen LogP contribution in [0.15, 0.2) is 12.2 Å². The molecule has 0 saturated heterocycles. The van der Waals surface area contributed by atoms with Gasteiger partial charge < -0.3 is 9.47 Å². The van der Waals surface area contributed by atoms with Crippen LogP contribution in [0, 0.1) is 5.92 Å². The lowest BCUT2D eigenvalue weighted by Crippen LogP contribution is -2.14. The number of allylic oxidation sites excluding steroid dienone is 2. The first-order valence-corrected chi connectivity index (χ1v) is 13.6. The van der Waals surface area contributed by atoms with Crippen molar-refractivity contribution in [3.8, 4) is 0 Å². The fourth-order valence-electron chi connectivity index (χ4n) is 3.60. The van der Waals surface area contributed by atoms with Crippen LogP contribution < -0.4 is 0 Å². The normalized spacial score (nSPS) is 11.4. The second-order valence-corrected chi connectivity index (χ2v) is 9.50. The maximum absolute atomic E-state index is 11.6. The molecule has 0 aromatic heterocycles. The van der Waals surface area contributed by atoms with E-state index in [1.54, 1.807) is 0 Å². The Bertz CT molecular complexity index is 456. The maximum atomic E-state index is 11.6. The van der Waals surface area contributed by atoms with Crippen molar-refractivity contribution in [3.63, 3.8) is 0 Å². The summed E-state index contributed by atoms with van der Waals surface area (Å²) in [7, 11) is 0. The summed E-state index contributed by atoms with van der Waals surface area (Å²) in [5, 5.41) is 0. The van der Waals surface area contributed by atoms with Crippen LogP contribution in [-0.2, 0) is 14.3 Å². The minimum absolute atomic E-state index is 0.297. The van der Waals surface area contributed by atoms with Gasteiger partial charge in [0.1, 0.15) is 0 Å². The van der Waals surface area contributed by atoms with Crippen LogP contribution in [0.3, 0.4) is 0 Å². The van der Waals surface area contributed by atoms with E-state index in [1.807, 2.05) is 0 Å². The van der Waals surface area contributed by atoms with E-state index in [0.717, 1.165) is 25.7 Å². The molecule has 0 unspecified atom stereocenters. The molecule has 0 aromatic carbocycles. The molecule has 188 valence electrons. The summed E-state index contributed by atoms with van der Waals surface area (Å²) in [6.07, 6.45) is 26.5. The predicted octanol–water partition coefficient (Wildman–Crippen LogP) is 9.31. The third kappa shape index (κ3) is 24.9. The van der Waals surface area contributed by atoms with Gasteiger partial charge in [0.25, 0.3) is 0 Å². The number of ether oxygens (including phenoxy) is 2. The fraction of sp³-hybridized carbons (Fsp3) is 0.857. The summed E-state index contributed by atoms with van der Waals surface area (Å²) < 4.78 is 9.55. The minimum atomic E-state index is -0.857. The highest BCUT2D eigenvalue weighted by atomic mass is 16.7. The molecule has 0 N–H and O–H groups in total. The molecule has 0 spiro atoms. The van der Waals surface area contributed by atoms with E-state index in [9.17, 15) is 9.59 Å². The van der Waals surface area contributed by atoms with E-state index < -0.39 is 12.1 Å². The summed E-state index contributed by atoms with van der Waals surface area (Å²) in [6, 6.07) is 0. The van der Waals surface area contributed by atoms with Gasteiger partial charge in [-0.25, -0.2) is 4.79 Å². The quantitative estimate of drug-likeness (QED) is 0.0710. The zero-order chi connectivity index (χ0) is 23.7. The van der Waals surface area contributed by atoms with Gasteiger partial charge in [0.15, 0.2) is 0 Å². The first-order valence-electron chi connectivity index (χ1n) is 13.6. The van der Waals surface area contributed by atoms with Gasteiger partial charge >= 0.3 is 12.1 Å². The van der Waals surface area contributed by atoms with Gasteiger partial charge in [-0.05, 0) is 44.4 Å². The van der Waals surface area contributed by atoms with Gasteiger partial charge in [-0.3, -0.25) is 4.79 Å². The van der Waals surface area contributed by atoms with Crippen molar-refractivity contribution in [3.05, 3.63) is 12.2 Å². The number of hydrogen-bond acceptors (Lipinski definition) is 4. The molecule has 0 aliphatic carbocycles. The van der Waals surface area contributed by atoms with E-state index >= 15 is 0 Å².